The lowest BCUT2D eigenvalue weighted by Gasteiger charge is -2.57. The van der Waals surface area contributed by atoms with E-state index in [2.05, 4.69) is 20.8 Å². The lowest BCUT2D eigenvalue weighted by Crippen LogP contribution is -2.58. The van der Waals surface area contributed by atoms with E-state index in [4.69, 9.17) is 0 Å². The second-order valence-corrected chi connectivity index (χ2v) is 7.28. The zero-order valence-corrected chi connectivity index (χ0v) is 11.7. The van der Waals surface area contributed by atoms with Gasteiger partial charge in [-0.1, -0.05) is 27.2 Å². The maximum atomic E-state index is 10.7. The van der Waals surface area contributed by atoms with Crippen molar-refractivity contribution in [3.8, 4) is 0 Å². The first-order chi connectivity index (χ1) is 7.78. The molecule has 2 nitrogen and oxygen atoms in total. The average Bonchev–Trinajstić information content (AvgIpc) is 2.14. The van der Waals surface area contributed by atoms with Crippen LogP contribution in [0.4, 0.5) is 0 Å². The molecule has 0 saturated heterocycles. The van der Waals surface area contributed by atoms with Crippen LogP contribution in [0.25, 0.3) is 0 Å². The summed E-state index contributed by atoms with van der Waals surface area (Å²) < 4.78 is 0. The van der Waals surface area contributed by atoms with Crippen molar-refractivity contribution < 1.29 is 10.2 Å². The van der Waals surface area contributed by atoms with Crippen molar-refractivity contribution in [1.82, 2.24) is 0 Å². The first kappa shape index (κ1) is 13.4. The number of hydrogen-bond donors (Lipinski definition) is 2. The quantitative estimate of drug-likeness (QED) is 0.740. The third-order valence-electron chi connectivity index (χ3n) is 5.54. The van der Waals surface area contributed by atoms with Gasteiger partial charge in [-0.05, 0) is 49.9 Å². The standard InChI is InChI=1S/C15H28O2/c1-10(2)11-6-9-14(3)7-5-8-15(4,17)13(14)12(11)16/h10-13,16-17H,5-9H2,1-4H3/t11-,12+,13+,14+,15-/m0/s1. The molecule has 2 N–H and O–H groups in total. The molecule has 0 spiro atoms. The molecule has 0 radical (unpaired) electrons. The lowest BCUT2D eigenvalue weighted by atomic mass is 9.51. The Morgan fingerprint density at radius 3 is 2.35 bits per heavy atom. The van der Waals surface area contributed by atoms with Crippen LogP contribution >= 0.6 is 0 Å². The molecule has 2 heteroatoms. The number of aliphatic hydroxyl groups is 2. The summed E-state index contributed by atoms with van der Waals surface area (Å²) in [5, 5.41) is 21.3. The fraction of sp³-hybridized carbons (Fsp3) is 1.00. The SMILES string of the molecule is CC(C)[C@@H]1CC[C@@]2(C)CCC[C@](C)(O)[C@@H]2[C@@H]1O. The van der Waals surface area contributed by atoms with Gasteiger partial charge in [0.05, 0.1) is 11.7 Å². The summed E-state index contributed by atoms with van der Waals surface area (Å²) >= 11 is 0. The third-order valence-corrected chi connectivity index (χ3v) is 5.54. The smallest absolute Gasteiger partial charge is 0.0677 e. The fourth-order valence-corrected chi connectivity index (χ4v) is 4.61. The molecular formula is C15H28O2. The van der Waals surface area contributed by atoms with E-state index in [9.17, 15) is 10.2 Å². The molecule has 0 bridgehead atoms. The summed E-state index contributed by atoms with van der Waals surface area (Å²) in [6, 6.07) is 0. The van der Waals surface area contributed by atoms with Gasteiger partial charge in [0, 0.05) is 5.92 Å². The van der Waals surface area contributed by atoms with E-state index in [1.54, 1.807) is 0 Å². The van der Waals surface area contributed by atoms with E-state index >= 15 is 0 Å². The molecule has 0 aromatic heterocycles. The summed E-state index contributed by atoms with van der Waals surface area (Å²) in [5.41, 5.74) is -0.535. The molecule has 2 aliphatic carbocycles. The molecule has 5 atom stereocenters. The summed E-state index contributed by atoms with van der Waals surface area (Å²) in [4.78, 5) is 0. The highest BCUT2D eigenvalue weighted by molar-refractivity contribution is 5.05. The molecule has 2 aliphatic rings. The minimum Gasteiger partial charge on any atom is -0.392 e. The van der Waals surface area contributed by atoms with E-state index < -0.39 is 5.60 Å². The second kappa shape index (κ2) is 4.24. The minimum atomic E-state index is -0.681. The molecule has 0 unspecified atom stereocenters. The molecule has 17 heavy (non-hydrogen) atoms. The highest BCUT2D eigenvalue weighted by atomic mass is 16.3. The van der Waals surface area contributed by atoms with Crippen LogP contribution < -0.4 is 0 Å². The van der Waals surface area contributed by atoms with Crippen molar-refractivity contribution in [1.29, 1.82) is 0 Å². The molecule has 0 aromatic rings. The van der Waals surface area contributed by atoms with Gasteiger partial charge < -0.3 is 10.2 Å². The van der Waals surface area contributed by atoms with Gasteiger partial charge in [-0.25, -0.2) is 0 Å². The maximum absolute atomic E-state index is 10.7. The van der Waals surface area contributed by atoms with Crippen molar-refractivity contribution in [2.24, 2.45) is 23.2 Å². The zero-order chi connectivity index (χ0) is 12.8. The summed E-state index contributed by atoms with van der Waals surface area (Å²) in [6.07, 6.45) is 5.04. The van der Waals surface area contributed by atoms with E-state index in [1.165, 1.54) is 0 Å². The minimum absolute atomic E-state index is 0.0601. The molecule has 0 aromatic carbocycles. The molecule has 0 amide bonds. The molecule has 0 heterocycles. The highest BCUT2D eigenvalue weighted by Gasteiger charge is 2.55. The average molecular weight is 240 g/mol. The van der Waals surface area contributed by atoms with Gasteiger partial charge in [0.1, 0.15) is 0 Å². The molecular weight excluding hydrogens is 212 g/mol. The van der Waals surface area contributed by atoms with Gasteiger partial charge in [0.2, 0.25) is 0 Å². The van der Waals surface area contributed by atoms with Crippen LogP contribution in [0, 0.1) is 23.2 Å². The number of aliphatic hydroxyl groups excluding tert-OH is 1. The largest absolute Gasteiger partial charge is 0.392 e. The van der Waals surface area contributed by atoms with E-state index in [-0.39, 0.29) is 17.4 Å². The Hall–Kier alpha value is -0.0800. The van der Waals surface area contributed by atoms with Gasteiger partial charge in [-0.15, -0.1) is 0 Å². The predicted molar refractivity (Wildman–Crippen MR) is 69.6 cm³/mol. The lowest BCUT2D eigenvalue weighted by molar-refractivity contribution is -0.184. The van der Waals surface area contributed by atoms with Crippen molar-refractivity contribution >= 4 is 0 Å². The number of fused-ring (bicyclic) bond motifs is 1. The van der Waals surface area contributed by atoms with E-state index in [1.807, 2.05) is 6.92 Å². The van der Waals surface area contributed by atoms with Crippen molar-refractivity contribution in [3.05, 3.63) is 0 Å². The van der Waals surface area contributed by atoms with E-state index in [0.717, 1.165) is 32.1 Å². The van der Waals surface area contributed by atoms with Crippen LogP contribution in [0.1, 0.15) is 59.8 Å². The molecule has 100 valence electrons. The Morgan fingerprint density at radius 2 is 1.76 bits per heavy atom. The Kier molecular flexibility index (Phi) is 3.33. The Bertz CT molecular complexity index is 285. The van der Waals surface area contributed by atoms with Crippen LogP contribution in [0.3, 0.4) is 0 Å². The molecule has 2 saturated carbocycles. The van der Waals surface area contributed by atoms with Gasteiger partial charge in [-0.2, -0.15) is 0 Å². The Balaban J connectivity index is 2.29. The Labute approximate surface area is 105 Å². The topological polar surface area (TPSA) is 40.5 Å². The Morgan fingerprint density at radius 1 is 1.12 bits per heavy atom. The number of hydrogen-bond acceptors (Lipinski definition) is 2. The van der Waals surface area contributed by atoms with Gasteiger partial charge in [-0.3, -0.25) is 0 Å². The van der Waals surface area contributed by atoms with Crippen molar-refractivity contribution in [3.63, 3.8) is 0 Å². The summed E-state index contributed by atoms with van der Waals surface area (Å²) in [5.74, 6) is 0.926. The second-order valence-electron chi connectivity index (χ2n) is 7.28. The molecule has 2 fully saturated rings. The normalized spacial score (nSPS) is 51.4. The first-order valence-corrected chi connectivity index (χ1v) is 7.18. The van der Waals surface area contributed by atoms with Gasteiger partial charge in [0.25, 0.3) is 0 Å². The van der Waals surface area contributed by atoms with Gasteiger partial charge >= 0.3 is 0 Å². The zero-order valence-electron chi connectivity index (χ0n) is 11.7. The van der Waals surface area contributed by atoms with Crippen LogP contribution in [0.15, 0.2) is 0 Å². The fourth-order valence-electron chi connectivity index (χ4n) is 4.61. The van der Waals surface area contributed by atoms with E-state index in [0.29, 0.717) is 11.8 Å². The highest BCUT2D eigenvalue weighted by Crippen LogP contribution is 2.56. The predicted octanol–water partition coefficient (Wildman–Crippen LogP) is 2.97. The van der Waals surface area contributed by atoms with Crippen LogP contribution in [-0.2, 0) is 0 Å². The van der Waals surface area contributed by atoms with Gasteiger partial charge in [0.15, 0.2) is 0 Å². The monoisotopic (exact) mass is 240 g/mol. The van der Waals surface area contributed by atoms with Crippen LogP contribution in [-0.4, -0.2) is 21.9 Å². The molecule has 0 aliphatic heterocycles. The first-order valence-electron chi connectivity index (χ1n) is 7.18. The summed E-state index contributed by atoms with van der Waals surface area (Å²) in [7, 11) is 0. The summed E-state index contributed by atoms with van der Waals surface area (Å²) in [6.45, 7) is 8.58. The maximum Gasteiger partial charge on any atom is 0.0677 e. The van der Waals surface area contributed by atoms with Crippen molar-refractivity contribution in [2.75, 3.05) is 0 Å². The van der Waals surface area contributed by atoms with Crippen LogP contribution in [0.5, 0.6) is 0 Å². The number of rotatable bonds is 1. The van der Waals surface area contributed by atoms with Crippen LogP contribution in [0.2, 0.25) is 0 Å². The van der Waals surface area contributed by atoms with Crippen molar-refractivity contribution in [2.45, 2.75) is 71.5 Å². The molecule has 2 rings (SSSR count). The third kappa shape index (κ3) is 2.15.